The lowest BCUT2D eigenvalue weighted by Gasteiger charge is -2.26. The zero-order valence-electron chi connectivity index (χ0n) is 21.3. The van der Waals surface area contributed by atoms with Crippen molar-refractivity contribution in [1.82, 2.24) is 14.8 Å². The van der Waals surface area contributed by atoms with Crippen molar-refractivity contribution in [3.05, 3.63) is 63.1 Å². The Morgan fingerprint density at radius 2 is 1.84 bits per heavy atom. The predicted molar refractivity (Wildman–Crippen MR) is 134 cm³/mol. The van der Waals surface area contributed by atoms with Crippen LogP contribution >= 0.6 is 0 Å². The number of hydrogen-bond donors (Lipinski definition) is 2. The van der Waals surface area contributed by atoms with E-state index in [1.54, 1.807) is 23.8 Å². The highest BCUT2D eigenvalue weighted by atomic mass is 19.4. The van der Waals surface area contributed by atoms with Crippen LogP contribution in [-0.4, -0.2) is 54.8 Å². The number of piperidine rings is 1. The fourth-order valence-corrected chi connectivity index (χ4v) is 6.01. The van der Waals surface area contributed by atoms with Crippen molar-refractivity contribution in [3.63, 3.8) is 0 Å². The molecule has 0 spiro atoms. The summed E-state index contributed by atoms with van der Waals surface area (Å²) in [7, 11) is 2.08. The lowest BCUT2D eigenvalue weighted by Crippen LogP contribution is -2.34. The number of nitrogens with one attached hydrogen (secondary N) is 2. The van der Waals surface area contributed by atoms with E-state index in [0.717, 1.165) is 19.2 Å². The number of aromatic nitrogens is 1. The Morgan fingerprint density at radius 1 is 1.16 bits per heavy atom. The topological polar surface area (TPSA) is 75.6 Å². The van der Waals surface area contributed by atoms with Gasteiger partial charge in [0.05, 0.1) is 22.9 Å². The fraction of sp³-hybridized carbons (Fsp3) is 0.556. The number of rotatable bonds is 6. The lowest BCUT2D eigenvalue weighted by molar-refractivity contribution is -0.138. The number of hydrogen-bond acceptors (Lipinski definition) is 5. The van der Waals surface area contributed by atoms with Gasteiger partial charge >= 0.3 is 6.18 Å². The van der Waals surface area contributed by atoms with Crippen molar-refractivity contribution in [1.29, 1.82) is 0 Å². The highest BCUT2D eigenvalue weighted by Crippen LogP contribution is 2.47. The zero-order valence-corrected chi connectivity index (χ0v) is 21.3. The molecule has 0 radical (unpaired) electrons. The minimum Gasteiger partial charge on any atom is -0.381 e. The molecule has 2 saturated heterocycles. The monoisotopic (exact) mass is 518 g/mol. The number of halogens is 3. The molecule has 1 amide bonds. The molecule has 200 valence electrons. The summed E-state index contributed by atoms with van der Waals surface area (Å²) in [6, 6.07) is 4.95. The van der Waals surface area contributed by atoms with Gasteiger partial charge in [-0.15, -0.1) is 0 Å². The second-order valence-electron chi connectivity index (χ2n) is 10.6. The Bertz CT molecular complexity index is 1230. The van der Waals surface area contributed by atoms with Gasteiger partial charge in [-0.25, -0.2) is 0 Å². The Morgan fingerprint density at radius 3 is 2.49 bits per heavy atom. The number of nitrogens with zero attached hydrogens (tertiary/aromatic N) is 2. The van der Waals surface area contributed by atoms with E-state index < -0.39 is 23.7 Å². The van der Waals surface area contributed by atoms with Crippen LogP contribution in [0, 0.1) is 18.8 Å². The SMILES string of the molecule is Cc1c([C@@H](C)NC(=O)c2cn(C3CCOCC3)c(=O)cc2N[C@@H]2[C@@H]3CN(C)C[C@@H]32)cccc1C(F)(F)F. The first-order valence-electron chi connectivity index (χ1n) is 12.8. The first-order valence-corrected chi connectivity index (χ1v) is 12.8. The number of benzene rings is 1. The first-order chi connectivity index (χ1) is 17.5. The van der Waals surface area contributed by atoms with E-state index in [4.69, 9.17) is 4.74 Å². The normalized spacial score (nSPS) is 25.0. The van der Waals surface area contributed by atoms with Crippen LogP contribution in [0.1, 0.15) is 58.9 Å². The van der Waals surface area contributed by atoms with Crippen LogP contribution in [0.5, 0.6) is 0 Å². The molecular weight excluding hydrogens is 485 g/mol. The summed E-state index contributed by atoms with van der Waals surface area (Å²) in [6.07, 6.45) is -1.53. The predicted octanol–water partition coefficient (Wildman–Crippen LogP) is 3.99. The van der Waals surface area contributed by atoms with Crippen molar-refractivity contribution in [2.45, 2.75) is 51.0 Å². The summed E-state index contributed by atoms with van der Waals surface area (Å²) in [4.78, 5) is 28.9. The Kier molecular flexibility index (Phi) is 6.83. The molecule has 1 saturated carbocycles. The summed E-state index contributed by atoms with van der Waals surface area (Å²) in [5.41, 5.74) is 0.377. The maximum Gasteiger partial charge on any atom is 0.416 e. The summed E-state index contributed by atoms with van der Waals surface area (Å²) in [5.74, 6) is 0.520. The number of pyridine rings is 1. The highest BCUT2D eigenvalue weighted by molar-refractivity contribution is 5.99. The molecule has 0 unspecified atom stereocenters. The smallest absolute Gasteiger partial charge is 0.381 e. The number of amides is 1. The summed E-state index contributed by atoms with van der Waals surface area (Å²) >= 11 is 0. The fourth-order valence-electron chi connectivity index (χ4n) is 6.01. The van der Waals surface area contributed by atoms with E-state index in [1.165, 1.54) is 19.1 Å². The van der Waals surface area contributed by atoms with Gasteiger partial charge in [-0.1, -0.05) is 12.1 Å². The largest absolute Gasteiger partial charge is 0.416 e. The molecule has 37 heavy (non-hydrogen) atoms. The third kappa shape index (κ3) is 5.13. The molecule has 5 rings (SSSR count). The second kappa shape index (κ2) is 9.79. The number of carbonyl (C=O) groups is 1. The highest BCUT2D eigenvalue weighted by Gasteiger charge is 2.55. The van der Waals surface area contributed by atoms with Crippen molar-refractivity contribution in [3.8, 4) is 0 Å². The van der Waals surface area contributed by atoms with E-state index in [1.807, 2.05) is 0 Å². The third-order valence-electron chi connectivity index (χ3n) is 8.10. The van der Waals surface area contributed by atoms with Crippen molar-refractivity contribution < 1.29 is 22.7 Å². The van der Waals surface area contributed by atoms with Gasteiger partial charge < -0.3 is 24.8 Å². The lowest BCUT2D eigenvalue weighted by atomic mass is 9.97. The minimum absolute atomic E-state index is 0.0704. The maximum absolute atomic E-state index is 13.6. The van der Waals surface area contributed by atoms with Crippen molar-refractivity contribution in [2.75, 3.05) is 38.7 Å². The number of fused-ring (bicyclic) bond motifs is 1. The molecule has 1 aliphatic carbocycles. The minimum atomic E-state index is -4.48. The molecule has 10 heteroatoms. The Hall–Kier alpha value is -2.85. The van der Waals surface area contributed by atoms with Crippen LogP contribution < -0.4 is 16.2 Å². The molecule has 2 aliphatic heterocycles. The molecule has 2 N–H and O–H groups in total. The van der Waals surface area contributed by atoms with Crippen LogP contribution in [0.3, 0.4) is 0 Å². The van der Waals surface area contributed by atoms with Gasteiger partial charge in [0.15, 0.2) is 0 Å². The van der Waals surface area contributed by atoms with Gasteiger partial charge in [-0.3, -0.25) is 9.59 Å². The maximum atomic E-state index is 13.6. The molecule has 0 bridgehead atoms. The van der Waals surface area contributed by atoms with Crippen LogP contribution in [0.2, 0.25) is 0 Å². The van der Waals surface area contributed by atoms with Crippen molar-refractivity contribution >= 4 is 11.6 Å². The second-order valence-corrected chi connectivity index (χ2v) is 10.6. The molecule has 3 aliphatic rings. The van der Waals surface area contributed by atoms with Crippen LogP contribution in [0.25, 0.3) is 0 Å². The molecule has 3 fully saturated rings. The van der Waals surface area contributed by atoms with E-state index in [9.17, 15) is 22.8 Å². The van der Waals surface area contributed by atoms with Crippen LogP contribution in [0.4, 0.5) is 18.9 Å². The Balaban J connectivity index is 1.43. The van der Waals surface area contributed by atoms with Crippen LogP contribution in [0.15, 0.2) is 35.3 Å². The van der Waals surface area contributed by atoms with Gasteiger partial charge in [-0.05, 0) is 62.8 Å². The molecule has 1 aromatic carbocycles. The van der Waals surface area contributed by atoms with E-state index in [2.05, 4.69) is 22.6 Å². The first kappa shape index (κ1) is 25.8. The summed E-state index contributed by atoms with van der Waals surface area (Å²) in [6.45, 7) is 6.11. The van der Waals surface area contributed by atoms with Gasteiger partial charge in [0.25, 0.3) is 11.5 Å². The molecule has 1 aromatic heterocycles. The average Bonchev–Trinajstić information content (AvgIpc) is 3.28. The standard InChI is InChI=1S/C27H33F3N4O3/c1-15-18(5-4-6-22(15)27(28,29)30)16(2)31-26(36)21-14-34(17-7-9-37-10-8-17)24(35)11-23(21)32-25-19-12-33(3)13-20(19)25/h4-6,11,14,16-17,19-20,25,32H,7-10,12-13H2,1-3H3,(H,31,36)/t16-,19-,20+,25-/m1/s1. The van der Waals surface area contributed by atoms with Crippen molar-refractivity contribution in [2.24, 2.45) is 11.8 Å². The van der Waals surface area contributed by atoms with E-state index in [0.29, 0.717) is 54.7 Å². The zero-order chi connectivity index (χ0) is 26.5. The number of anilines is 1. The van der Waals surface area contributed by atoms with E-state index in [-0.39, 0.29) is 23.2 Å². The molecule has 4 atom stereocenters. The van der Waals surface area contributed by atoms with E-state index >= 15 is 0 Å². The number of alkyl halides is 3. The number of likely N-dealkylation sites (tertiary alicyclic amines) is 1. The molecule has 7 nitrogen and oxygen atoms in total. The van der Waals surface area contributed by atoms with Gasteiger partial charge in [0, 0.05) is 50.7 Å². The number of ether oxygens (including phenoxy) is 1. The van der Waals surface area contributed by atoms with Gasteiger partial charge in [0.2, 0.25) is 0 Å². The molecule has 2 aromatic rings. The van der Waals surface area contributed by atoms with Gasteiger partial charge in [0.1, 0.15) is 0 Å². The third-order valence-corrected chi connectivity index (χ3v) is 8.10. The van der Waals surface area contributed by atoms with Crippen LogP contribution in [-0.2, 0) is 10.9 Å². The number of carbonyl (C=O) groups excluding carboxylic acids is 1. The summed E-state index contributed by atoms with van der Waals surface area (Å²) < 4.78 is 47.4. The van der Waals surface area contributed by atoms with Gasteiger partial charge in [-0.2, -0.15) is 13.2 Å². The summed E-state index contributed by atoms with van der Waals surface area (Å²) in [5, 5.41) is 6.32. The molecule has 3 heterocycles. The Labute approximate surface area is 214 Å². The quantitative estimate of drug-likeness (QED) is 0.605. The average molecular weight is 519 g/mol. The molecular formula is C27H33F3N4O3.